The Kier molecular flexibility index (Phi) is 9.00. The van der Waals surface area contributed by atoms with Crippen molar-refractivity contribution < 1.29 is 33.4 Å². The van der Waals surface area contributed by atoms with Gasteiger partial charge in [-0.05, 0) is 49.2 Å². The van der Waals surface area contributed by atoms with Crippen LogP contribution in [0.3, 0.4) is 0 Å². The molecule has 3 amide bonds. The highest BCUT2D eigenvalue weighted by molar-refractivity contribution is 5.99. The van der Waals surface area contributed by atoms with Crippen LogP contribution in [0.25, 0.3) is 0 Å². The molecular weight excluding hydrogens is 442 g/mol. The van der Waals surface area contributed by atoms with E-state index < -0.39 is 35.8 Å². The summed E-state index contributed by atoms with van der Waals surface area (Å²) in [4.78, 5) is 49.2. The number of primary amides is 1. The van der Waals surface area contributed by atoms with Crippen molar-refractivity contribution in [2.45, 2.75) is 32.9 Å². The molecular formula is C24H29N3O7. The predicted octanol–water partition coefficient (Wildman–Crippen LogP) is 2.13. The number of benzene rings is 2. The summed E-state index contributed by atoms with van der Waals surface area (Å²) in [6.45, 7) is 4.89. The maximum absolute atomic E-state index is 12.8. The molecule has 2 unspecified atom stereocenters. The second kappa shape index (κ2) is 11.7. The van der Waals surface area contributed by atoms with Crippen LogP contribution in [-0.4, -0.2) is 50.1 Å². The second-order valence-corrected chi connectivity index (χ2v) is 7.81. The molecule has 0 saturated heterocycles. The van der Waals surface area contributed by atoms with E-state index in [2.05, 4.69) is 10.6 Å². The van der Waals surface area contributed by atoms with E-state index in [0.717, 1.165) is 0 Å². The van der Waals surface area contributed by atoms with E-state index in [1.54, 1.807) is 19.9 Å². The number of hydrogen-bond donors (Lipinski definition) is 3. The molecule has 0 aliphatic rings. The highest BCUT2D eigenvalue weighted by Crippen LogP contribution is 2.23. The first kappa shape index (κ1) is 26.2. The van der Waals surface area contributed by atoms with Crippen molar-refractivity contribution in [2.24, 2.45) is 11.7 Å². The van der Waals surface area contributed by atoms with Crippen molar-refractivity contribution in [1.29, 1.82) is 0 Å². The lowest BCUT2D eigenvalue weighted by Crippen LogP contribution is -2.47. The summed E-state index contributed by atoms with van der Waals surface area (Å²) in [6.07, 6.45) is -1.14. The molecule has 34 heavy (non-hydrogen) atoms. The molecule has 4 N–H and O–H groups in total. The van der Waals surface area contributed by atoms with Crippen LogP contribution in [0.15, 0.2) is 42.5 Å². The zero-order valence-electron chi connectivity index (χ0n) is 19.7. The third kappa shape index (κ3) is 6.96. The van der Waals surface area contributed by atoms with Gasteiger partial charge in [-0.3, -0.25) is 14.4 Å². The minimum atomic E-state index is -1.14. The average Bonchev–Trinajstić information content (AvgIpc) is 2.81. The van der Waals surface area contributed by atoms with E-state index in [9.17, 15) is 19.2 Å². The van der Waals surface area contributed by atoms with Gasteiger partial charge in [-0.1, -0.05) is 13.8 Å². The fourth-order valence-corrected chi connectivity index (χ4v) is 2.92. The summed E-state index contributed by atoms with van der Waals surface area (Å²) in [5, 5.41) is 5.24. The van der Waals surface area contributed by atoms with Crippen LogP contribution in [0.4, 0.5) is 5.69 Å². The first-order chi connectivity index (χ1) is 16.0. The maximum Gasteiger partial charge on any atom is 0.329 e. The standard InChI is InChI=1S/C24H29N3O7/c1-13(2)20(27-23(30)16-10-18(32-4)12-19(11-16)33-5)24(31)34-14(3)22(29)26-17-8-6-15(7-9-17)21(25)28/h6-14,20H,1-5H3,(H2,25,28)(H,26,29)(H,27,30). The number of ether oxygens (including phenoxy) is 3. The summed E-state index contributed by atoms with van der Waals surface area (Å²) in [7, 11) is 2.92. The molecule has 0 heterocycles. The Balaban J connectivity index is 2.05. The zero-order chi connectivity index (χ0) is 25.4. The Labute approximate surface area is 197 Å². The van der Waals surface area contributed by atoms with Gasteiger partial charge in [-0.2, -0.15) is 0 Å². The number of methoxy groups -OCH3 is 2. The smallest absolute Gasteiger partial charge is 0.329 e. The van der Waals surface area contributed by atoms with Gasteiger partial charge in [-0.25, -0.2) is 4.79 Å². The molecule has 2 rings (SSSR count). The molecule has 0 aromatic heterocycles. The van der Waals surface area contributed by atoms with E-state index in [0.29, 0.717) is 22.7 Å². The molecule has 0 aliphatic heterocycles. The molecule has 182 valence electrons. The molecule has 0 aliphatic carbocycles. The van der Waals surface area contributed by atoms with Crippen LogP contribution >= 0.6 is 0 Å². The van der Waals surface area contributed by atoms with E-state index in [4.69, 9.17) is 19.9 Å². The van der Waals surface area contributed by atoms with Gasteiger partial charge in [0.1, 0.15) is 17.5 Å². The summed E-state index contributed by atoms with van der Waals surface area (Å²) in [6, 6.07) is 9.58. The molecule has 0 fully saturated rings. The van der Waals surface area contributed by atoms with Crippen molar-refractivity contribution in [3.63, 3.8) is 0 Å². The molecule has 10 heteroatoms. The first-order valence-corrected chi connectivity index (χ1v) is 10.5. The molecule has 10 nitrogen and oxygen atoms in total. The van der Waals surface area contributed by atoms with E-state index in [1.807, 2.05) is 0 Å². The van der Waals surface area contributed by atoms with Crippen molar-refractivity contribution in [1.82, 2.24) is 5.32 Å². The summed E-state index contributed by atoms with van der Waals surface area (Å²) < 4.78 is 15.7. The number of esters is 1. The lowest BCUT2D eigenvalue weighted by molar-refractivity contribution is -0.156. The highest BCUT2D eigenvalue weighted by Gasteiger charge is 2.29. The van der Waals surface area contributed by atoms with Crippen molar-refractivity contribution in [3.8, 4) is 11.5 Å². The van der Waals surface area contributed by atoms with Gasteiger partial charge in [-0.15, -0.1) is 0 Å². The minimum Gasteiger partial charge on any atom is -0.497 e. The summed E-state index contributed by atoms with van der Waals surface area (Å²) in [5.74, 6) is -1.93. The molecule has 2 aromatic rings. The maximum atomic E-state index is 12.8. The van der Waals surface area contributed by atoms with Crippen LogP contribution in [0, 0.1) is 5.92 Å². The lowest BCUT2D eigenvalue weighted by atomic mass is 10.0. The SMILES string of the molecule is COc1cc(OC)cc(C(=O)NC(C(=O)OC(C)C(=O)Nc2ccc(C(N)=O)cc2)C(C)C)c1. The molecule has 2 atom stereocenters. The fourth-order valence-electron chi connectivity index (χ4n) is 2.92. The van der Waals surface area contributed by atoms with Gasteiger partial charge >= 0.3 is 5.97 Å². The van der Waals surface area contributed by atoms with Crippen LogP contribution in [0.5, 0.6) is 11.5 Å². The zero-order valence-corrected chi connectivity index (χ0v) is 19.7. The van der Waals surface area contributed by atoms with Crippen LogP contribution in [0.1, 0.15) is 41.5 Å². The molecule has 0 saturated carbocycles. The molecule has 2 aromatic carbocycles. The van der Waals surface area contributed by atoms with Crippen LogP contribution in [0.2, 0.25) is 0 Å². The molecule has 0 spiro atoms. The monoisotopic (exact) mass is 471 g/mol. The van der Waals surface area contributed by atoms with E-state index >= 15 is 0 Å². The number of carbonyl (C=O) groups is 4. The van der Waals surface area contributed by atoms with Gasteiger partial charge in [0.15, 0.2) is 6.10 Å². The van der Waals surface area contributed by atoms with E-state index in [-0.39, 0.29) is 11.5 Å². The topological polar surface area (TPSA) is 146 Å². The van der Waals surface area contributed by atoms with Crippen LogP contribution < -0.4 is 25.8 Å². The number of carbonyl (C=O) groups excluding carboxylic acids is 4. The minimum absolute atomic E-state index is 0.236. The fraction of sp³-hybridized carbons (Fsp3) is 0.333. The second-order valence-electron chi connectivity index (χ2n) is 7.81. The lowest BCUT2D eigenvalue weighted by Gasteiger charge is -2.23. The predicted molar refractivity (Wildman–Crippen MR) is 125 cm³/mol. The Bertz CT molecular complexity index is 1030. The normalized spacial score (nSPS) is 12.3. The van der Waals surface area contributed by atoms with Gasteiger partial charge in [0, 0.05) is 22.9 Å². The van der Waals surface area contributed by atoms with Crippen LogP contribution in [-0.2, 0) is 14.3 Å². The third-order valence-electron chi connectivity index (χ3n) is 4.92. The quantitative estimate of drug-likeness (QED) is 0.450. The van der Waals surface area contributed by atoms with Gasteiger partial charge in [0.05, 0.1) is 14.2 Å². The number of rotatable bonds is 10. The van der Waals surface area contributed by atoms with Crippen molar-refractivity contribution in [2.75, 3.05) is 19.5 Å². The first-order valence-electron chi connectivity index (χ1n) is 10.5. The van der Waals surface area contributed by atoms with Crippen molar-refractivity contribution in [3.05, 3.63) is 53.6 Å². The van der Waals surface area contributed by atoms with Gasteiger partial charge < -0.3 is 30.6 Å². The highest BCUT2D eigenvalue weighted by atomic mass is 16.5. The Morgan fingerprint density at radius 3 is 1.88 bits per heavy atom. The van der Waals surface area contributed by atoms with Gasteiger partial charge in [0.25, 0.3) is 11.8 Å². The summed E-state index contributed by atoms with van der Waals surface area (Å²) >= 11 is 0. The number of amides is 3. The Morgan fingerprint density at radius 1 is 0.853 bits per heavy atom. The average molecular weight is 472 g/mol. The number of nitrogens with two attached hydrogens (primary N) is 1. The van der Waals surface area contributed by atoms with Crippen molar-refractivity contribution >= 4 is 29.4 Å². The van der Waals surface area contributed by atoms with Gasteiger partial charge in [0.2, 0.25) is 5.91 Å². The summed E-state index contributed by atoms with van der Waals surface area (Å²) in [5.41, 5.74) is 6.13. The largest absolute Gasteiger partial charge is 0.497 e. The number of anilines is 1. The number of hydrogen-bond acceptors (Lipinski definition) is 7. The third-order valence-corrected chi connectivity index (χ3v) is 4.92. The van der Waals surface area contributed by atoms with E-state index in [1.165, 1.54) is 57.5 Å². The Hall–Kier alpha value is -4.08. The molecule has 0 bridgehead atoms. The molecule has 0 radical (unpaired) electrons. The number of nitrogens with one attached hydrogen (secondary N) is 2. The Morgan fingerprint density at radius 2 is 1.41 bits per heavy atom.